The van der Waals surface area contributed by atoms with E-state index in [-0.39, 0.29) is 18.5 Å². The molecular weight excluding hydrogens is 308 g/mol. The number of methoxy groups -OCH3 is 1. The van der Waals surface area contributed by atoms with Crippen LogP contribution in [0, 0.1) is 0 Å². The first kappa shape index (κ1) is 22.6. The predicted molar refractivity (Wildman–Crippen MR) is 97.8 cm³/mol. The van der Waals surface area contributed by atoms with Gasteiger partial charge in [0.15, 0.2) is 0 Å². The lowest BCUT2D eigenvalue weighted by Gasteiger charge is -2.28. The van der Waals surface area contributed by atoms with Crippen LogP contribution in [0.15, 0.2) is 0 Å². The Balaban J connectivity index is 4.31. The summed E-state index contributed by atoms with van der Waals surface area (Å²) in [5.41, 5.74) is 0. The Hall–Kier alpha value is -0.393. The van der Waals surface area contributed by atoms with Crippen molar-refractivity contribution in [1.82, 2.24) is 0 Å². The number of hydrogen-bond donors (Lipinski definition) is 0. The summed E-state index contributed by atoms with van der Waals surface area (Å²) in [5, 5.41) is 0. The highest BCUT2D eigenvalue weighted by Crippen LogP contribution is 2.24. The fourth-order valence-corrected chi connectivity index (χ4v) is 4.90. The molecule has 0 N–H and O–H groups in total. The molecule has 138 valence electrons. The van der Waals surface area contributed by atoms with Crippen LogP contribution in [-0.4, -0.2) is 27.5 Å². The van der Waals surface area contributed by atoms with E-state index in [4.69, 9.17) is 14.2 Å². The van der Waals surface area contributed by atoms with Crippen molar-refractivity contribution in [2.24, 2.45) is 0 Å². The third-order valence-corrected chi connectivity index (χ3v) is 9.11. The normalized spacial score (nSPS) is 13.1. The van der Waals surface area contributed by atoms with Gasteiger partial charge < -0.3 is 4.74 Å². The van der Waals surface area contributed by atoms with E-state index in [0.717, 1.165) is 31.0 Å². The van der Waals surface area contributed by atoms with Crippen LogP contribution in [0.2, 0.25) is 18.1 Å². The smallest absolute Gasteiger partial charge is 0.308 e. The van der Waals surface area contributed by atoms with Crippen LogP contribution in [-0.2, 0) is 19.0 Å². The van der Waals surface area contributed by atoms with E-state index in [2.05, 4.69) is 27.7 Å². The van der Waals surface area contributed by atoms with Gasteiger partial charge in [-0.25, -0.2) is 4.89 Å². The number of carbonyl (C=O) groups excluding carboxylic acids is 1. The fraction of sp³-hybridized carbons (Fsp3) is 0.944. The van der Waals surface area contributed by atoms with Gasteiger partial charge in [0.05, 0.1) is 13.5 Å². The summed E-state index contributed by atoms with van der Waals surface area (Å²) < 4.78 is 10.7. The van der Waals surface area contributed by atoms with Gasteiger partial charge in [0.25, 0.3) is 0 Å². The van der Waals surface area contributed by atoms with Crippen LogP contribution in [0.1, 0.15) is 79.1 Å². The molecule has 0 saturated carbocycles. The molecule has 0 rings (SSSR count). The highest BCUT2D eigenvalue weighted by molar-refractivity contribution is 6.73. The van der Waals surface area contributed by atoms with Gasteiger partial charge in [0.2, 0.25) is 8.32 Å². The van der Waals surface area contributed by atoms with E-state index in [9.17, 15) is 4.79 Å². The molecule has 1 unspecified atom stereocenters. The molecule has 0 aromatic carbocycles. The van der Waals surface area contributed by atoms with E-state index in [0.29, 0.717) is 0 Å². The molecule has 0 aromatic rings. The fourth-order valence-electron chi connectivity index (χ4n) is 2.70. The van der Waals surface area contributed by atoms with Crippen molar-refractivity contribution >= 4 is 14.3 Å². The van der Waals surface area contributed by atoms with Crippen LogP contribution in [0.3, 0.4) is 0 Å². The van der Waals surface area contributed by atoms with Crippen LogP contribution in [0.25, 0.3) is 0 Å². The Morgan fingerprint density at radius 3 is 2.00 bits per heavy atom. The Bertz CT molecular complexity index is 284. The number of esters is 1. The van der Waals surface area contributed by atoms with E-state index in [1.165, 1.54) is 39.2 Å². The number of carbonyl (C=O) groups is 1. The lowest BCUT2D eigenvalue weighted by Crippen LogP contribution is -2.37. The Labute approximate surface area is 144 Å². The molecule has 4 nitrogen and oxygen atoms in total. The first-order chi connectivity index (χ1) is 11.1. The third kappa shape index (κ3) is 10.2. The summed E-state index contributed by atoms with van der Waals surface area (Å²) in [6.07, 6.45) is 8.38. The summed E-state index contributed by atoms with van der Waals surface area (Å²) in [5.74, 6) is -0.221. The average Bonchev–Trinajstić information content (AvgIpc) is 2.59. The second-order valence-electron chi connectivity index (χ2n) is 6.38. The van der Waals surface area contributed by atoms with Crippen molar-refractivity contribution in [2.45, 2.75) is 103 Å². The molecule has 0 spiro atoms. The van der Waals surface area contributed by atoms with Crippen LogP contribution < -0.4 is 0 Å². The third-order valence-electron chi connectivity index (χ3n) is 4.80. The SMILES string of the molecule is CCCCCCCCC(CC(=O)OC)OO[Si](CC)(CC)CC. The first-order valence-electron chi connectivity index (χ1n) is 9.48. The monoisotopic (exact) mass is 346 g/mol. The minimum atomic E-state index is -1.78. The maximum absolute atomic E-state index is 11.6. The molecule has 0 bridgehead atoms. The standard InChI is InChI=1S/C18H38O4Si/c1-6-10-11-12-13-14-15-17(16-18(19)20-5)21-22-23(7-2,8-3)9-4/h17H,6-16H2,1-5H3. The Morgan fingerprint density at radius 1 is 0.913 bits per heavy atom. The Morgan fingerprint density at radius 2 is 1.48 bits per heavy atom. The van der Waals surface area contributed by atoms with E-state index in [1.54, 1.807) is 0 Å². The van der Waals surface area contributed by atoms with Gasteiger partial charge in [-0.3, -0.25) is 9.37 Å². The summed E-state index contributed by atoms with van der Waals surface area (Å²) >= 11 is 0. The molecular formula is C18H38O4Si. The molecule has 0 aliphatic rings. The van der Waals surface area contributed by atoms with Crippen molar-refractivity contribution in [1.29, 1.82) is 0 Å². The molecule has 0 amide bonds. The number of hydrogen-bond acceptors (Lipinski definition) is 4. The molecule has 0 aliphatic carbocycles. The average molecular weight is 347 g/mol. The van der Waals surface area contributed by atoms with Crippen molar-refractivity contribution in [3.63, 3.8) is 0 Å². The number of unbranched alkanes of at least 4 members (excludes halogenated alkanes) is 5. The highest BCUT2D eigenvalue weighted by Gasteiger charge is 2.32. The van der Waals surface area contributed by atoms with Crippen molar-refractivity contribution in [3.05, 3.63) is 0 Å². The summed E-state index contributed by atoms with van der Waals surface area (Å²) in [4.78, 5) is 17.3. The quantitative estimate of drug-likeness (QED) is 0.127. The van der Waals surface area contributed by atoms with Gasteiger partial charge >= 0.3 is 5.97 Å². The Kier molecular flexibility index (Phi) is 13.8. The van der Waals surface area contributed by atoms with Crippen LogP contribution in [0.5, 0.6) is 0 Å². The van der Waals surface area contributed by atoms with Crippen molar-refractivity contribution in [2.75, 3.05) is 7.11 Å². The van der Waals surface area contributed by atoms with Gasteiger partial charge in [-0.2, -0.15) is 0 Å². The molecule has 0 saturated heterocycles. The minimum absolute atomic E-state index is 0.176. The minimum Gasteiger partial charge on any atom is -0.469 e. The topological polar surface area (TPSA) is 44.8 Å². The van der Waals surface area contributed by atoms with Crippen LogP contribution >= 0.6 is 0 Å². The highest BCUT2D eigenvalue weighted by atomic mass is 28.4. The zero-order chi connectivity index (χ0) is 17.6. The lowest BCUT2D eigenvalue weighted by atomic mass is 10.1. The molecule has 5 heteroatoms. The van der Waals surface area contributed by atoms with Crippen molar-refractivity contribution in [3.8, 4) is 0 Å². The van der Waals surface area contributed by atoms with E-state index in [1.807, 2.05) is 0 Å². The molecule has 0 fully saturated rings. The number of ether oxygens (including phenoxy) is 1. The van der Waals surface area contributed by atoms with Crippen molar-refractivity contribution < 1.29 is 19.0 Å². The van der Waals surface area contributed by atoms with Gasteiger partial charge in [-0.15, -0.1) is 0 Å². The zero-order valence-electron chi connectivity index (χ0n) is 16.0. The second-order valence-corrected chi connectivity index (χ2v) is 11.0. The maximum atomic E-state index is 11.6. The van der Waals surface area contributed by atoms with E-state index < -0.39 is 8.32 Å². The summed E-state index contributed by atoms with van der Waals surface area (Å²) in [7, 11) is -0.356. The van der Waals surface area contributed by atoms with Gasteiger partial charge in [0.1, 0.15) is 6.10 Å². The molecule has 1 atom stereocenters. The summed E-state index contributed by atoms with van der Waals surface area (Å²) in [6, 6.07) is 3.13. The molecule has 0 aromatic heterocycles. The van der Waals surface area contributed by atoms with Gasteiger partial charge in [-0.05, 0) is 24.6 Å². The second kappa shape index (κ2) is 14.0. The zero-order valence-corrected chi connectivity index (χ0v) is 17.0. The lowest BCUT2D eigenvalue weighted by molar-refractivity contribution is -0.260. The first-order valence-corrected chi connectivity index (χ1v) is 12.0. The molecule has 0 heterocycles. The van der Waals surface area contributed by atoms with E-state index >= 15 is 0 Å². The predicted octanol–water partition coefficient (Wildman–Crippen LogP) is 5.62. The maximum Gasteiger partial charge on any atom is 0.308 e. The summed E-state index contributed by atoms with van der Waals surface area (Å²) in [6.45, 7) is 8.74. The van der Waals surface area contributed by atoms with Crippen LogP contribution in [0.4, 0.5) is 0 Å². The molecule has 0 radical (unpaired) electrons. The van der Waals surface area contributed by atoms with Gasteiger partial charge in [0, 0.05) is 0 Å². The largest absolute Gasteiger partial charge is 0.469 e. The van der Waals surface area contributed by atoms with Gasteiger partial charge in [-0.1, -0.05) is 66.2 Å². The molecule has 23 heavy (non-hydrogen) atoms. The molecule has 0 aliphatic heterocycles. The number of rotatable bonds is 15.